The van der Waals surface area contributed by atoms with Crippen LogP contribution in [0.25, 0.3) is 0 Å². The highest BCUT2D eigenvalue weighted by Crippen LogP contribution is 2.15. The van der Waals surface area contributed by atoms with Gasteiger partial charge in [0.15, 0.2) is 0 Å². The third-order valence-corrected chi connectivity index (χ3v) is 2.02. The van der Waals surface area contributed by atoms with Crippen LogP contribution in [0.2, 0.25) is 0 Å². The van der Waals surface area contributed by atoms with Crippen LogP contribution in [0, 0.1) is 0 Å². The topological polar surface area (TPSA) is 46.2 Å². The molecule has 3 heteroatoms. The Labute approximate surface area is 85.2 Å². The molecule has 0 saturated carbocycles. The minimum absolute atomic E-state index is 0. The van der Waals surface area contributed by atoms with Gasteiger partial charge >= 0.3 is 0 Å². The molecule has 0 aliphatic carbocycles. The van der Waals surface area contributed by atoms with E-state index in [1.54, 1.807) is 0 Å². The van der Waals surface area contributed by atoms with Crippen LogP contribution in [0.1, 0.15) is 24.9 Å². The predicted octanol–water partition coefficient (Wildman–Crippen LogP) is 1.88. The number of nitrogens with two attached hydrogens (primary N) is 1. The average molecular weight is 202 g/mol. The zero-order chi connectivity index (χ0) is 8.97. The van der Waals surface area contributed by atoms with Crippen molar-refractivity contribution in [1.29, 1.82) is 0 Å². The molecule has 0 aliphatic rings. The fourth-order valence-corrected chi connectivity index (χ4v) is 1.15. The van der Waals surface area contributed by atoms with Crippen molar-refractivity contribution >= 4 is 12.4 Å². The summed E-state index contributed by atoms with van der Waals surface area (Å²) in [5, 5.41) is 9.45. The van der Waals surface area contributed by atoms with Gasteiger partial charge in [0, 0.05) is 0 Å². The first-order valence-electron chi connectivity index (χ1n) is 4.24. The molecule has 0 aliphatic heterocycles. The van der Waals surface area contributed by atoms with Crippen LogP contribution < -0.4 is 5.73 Å². The number of hydrogen-bond donors (Lipinski definition) is 2. The van der Waals surface area contributed by atoms with Crippen molar-refractivity contribution in [2.45, 2.75) is 25.5 Å². The molecule has 0 heterocycles. The average Bonchev–Trinajstić information content (AvgIpc) is 2.17. The SMILES string of the molecule is CC[C@H](O)[C@H](N)c1ccccc1.Cl. The fourth-order valence-electron chi connectivity index (χ4n) is 1.15. The van der Waals surface area contributed by atoms with Gasteiger partial charge in [0.1, 0.15) is 0 Å². The van der Waals surface area contributed by atoms with Crippen molar-refractivity contribution < 1.29 is 5.11 Å². The number of halogens is 1. The van der Waals surface area contributed by atoms with Gasteiger partial charge in [0.25, 0.3) is 0 Å². The van der Waals surface area contributed by atoms with E-state index in [-0.39, 0.29) is 18.4 Å². The van der Waals surface area contributed by atoms with Gasteiger partial charge in [-0.25, -0.2) is 0 Å². The number of benzene rings is 1. The van der Waals surface area contributed by atoms with Gasteiger partial charge in [-0.05, 0) is 12.0 Å². The summed E-state index contributed by atoms with van der Waals surface area (Å²) in [6.45, 7) is 1.92. The van der Waals surface area contributed by atoms with Crippen molar-refractivity contribution in [1.82, 2.24) is 0 Å². The molecule has 0 amide bonds. The molecule has 2 atom stereocenters. The van der Waals surface area contributed by atoms with Crippen LogP contribution in [0.3, 0.4) is 0 Å². The summed E-state index contributed by atoms with van der Waals surface area (Å²) in [6.07, 6.45) is 0.253. The molecule has 0 saturated heterocycles. The Balaban J connectivity index is 0.00000144. The van der Waals surface area contributed by atoms with Crippen LogP contribution >= 0.6 is 12.4 Å². The Morgan fingerprint density at radius 2 is 1.85 bits per heavy atom. The summed E-state index contributed by atoms with van der Waals surface area (Å²) in [6, 6.07) is 9.41. The van der Waals surface area contributed by atoms with Crippen molar-refractivity contribution in [3.63, 3.8) is 0 Å². The lowest BCUT2D eigenvalue weighted by Gasteiger charge is -2.17. The molecule has 0 radical (unpaired) electrons. The lowest BCUT2D eigenvalue weighted by molar-refractivity contribution is 0.140. The van der Waals surface area contributed by atoms with E-state index in [1.807, 2.05) is 37.3 Å². The summed E-state index contributed by atoms with van der Waals surface area (Å²) < 4.78 is 0. The van der Waals surface area contributed by atoms with Crippen LogP contribution in [-0.4, -0.2) is 11.2 Å². The van der Waals surface area contributed by atoms with E-state index in [4.69, 9.17) is 5.73 Å². The number of hydrogen-bond acceptors (Lipinski definition) is 2. The molecule has 0 unspecified atom stereocenters. The van der Waals surface area contributed by atoms with Crippen LogP contribution in [-0.2, 0) is 0 Å². The summed E-state index contributed by atoms with van der Waals surface area (Å²) in [5.41, 5.74) is 6.79. The summed E-state index contributed by atoms with van der Waals surface area (Å²) >= 11 is 0. The maximum absolute atomic E-state index is 9.45. The highest BCUT2D eigenvalue weighted by molar-refractivity contribution is 5.85. The molecule has 1 aromatic rings. The fraction of sp³-hybridized carbons (Fsp3) is 0.400. The van der Waals surface area contributed by atoms with Gasteiger partial charge in [0.2, 0.25) is 0 Å². The minimum Gasteiger partial charge on any atom is -0.391 e. The Morgan fingerprint density at radius 1 is 1.31 bits per heavy atom. The van der Waals surface area contributed by atoms with Crippen LogP contribution in [0.4, 0.5) is 0 Å². The highest BCUT2D eigenvalue weighted by atomic mass is 35.5. The Bertz CT molecular complexity index is 228. The summed E-state index contributed by atoms with van der Waals surface area (Å²) in [4.78, 5) is 0. The first-order valence-corrected chi connectivity index (χ1v) is 4.24. The van der Waals surface area contributed by atoms with Gasteiger partial charge in [-0.15, -0.1) is 12.4 Å². The second kappa shape index (κ2) is 5.97. The van der Waals surface area contributed by atoms with Crippen molar-refractivity contribution in [2.24, 2.45) is 5.73 Å². The van der Waals surface area contributed by atoms with Gasteiger partial charge in [-0.3, -0.25) is 0 Å². The zero-order valence-corrected chi connectivity index (χ0v) is 8.50. The smallest absolute Gasteiger partial charge is 0.0730 e. The van der Waals surface area contributed by atoms with Gasteiger partial charge in [0.05, 0.1) is 12.1 Å². The maximum Gasteiger partial charge on any atom is 0.0730 e. The number of rotatable bonds is 3. The maximum atomic E-state index is 9.45. The zero-order valence-electron chi connectivity index (χ0n) is 7.68. The molecule has 0 bridgehead atoms. The first kappa shape index (κ1) is 12.4. The van der Waals surface area contributed by atoms with Gasteiger partial charge < -0.3 is 10.8 Å². The Kier molecular flexibility index (Phi) is 5.71. The third kappa shape index (κ3) is 3.35. The lowest BCUT2D eigenvalue weighted by Crippen LogP contribution is -2.25. The minimum atomic E-state index is -0.438. The molecule has 0 aromatic heterocycles. The normalized spacial score (nSPS) is 14.4. The molecule has 2 nitrogen and oxygen atoms in total. The number of aliphatic hydroxyl groups excluding tert-OH is 1. The quantitative estimate of drug-likeness (QED) is 0.785. The molecular formula is C10H16ClNO. The van der Waals surface area contributed by atoms with Crippen LogP contribution in [0.5, 0.6) is 0 Å². The molecule has 3 N–H and O–H groups in total. The third-order valence-electron chi connectivity index (χ3n) is 2.02. The van der Waals surface area contributed by atoms with E-state index < -0.39 is 6.10 Å². The molecule has 13 heavy (non-hydrogen) atoms. The molecule has 0 spiro atoms. The molecule has 74 valence electrons. The highest BCUT2D eigenvalue weighted by Gasteiger charge is 2.13. The largest absolute Gasteiger partial charge is 0.391 e. The molecular weight excluding hydrogens is 186 g/mol. The summed E-state index contributed by atoms with van der Waals surface area (Å²) in [5.74, 6) is 0. The molecule has 1 aromatic carbocycles. The molecule has 1 rings (SSSR count). The predicted molar refractivity (Wildman–Crippen MR) is 56.9 cm³/mol. The first-order chi connectivity index (χ1) is 5.75. The van der Waals surface area contributed by atoms with Crippen molar-refractivity contribution in [2.75, 3.05) is 0 Å². The van der Waals surface area contributed by atoms with E-state index in [2.05, 4.69) is 0 Å². The summed E-state index contributed by atoms with van der Waals surface area (Å²) in [7, 11) is 0. The second-order valence-electron chi connectivity index (χ2n) is 2.91. The van der Waals surface area contributed by atoms with E-state index >= 15 is 0 Å². The van der Waals surface area contributed by atoms with E-state index in [9.17, 15) is 5.11 Å². The Hall–Kier alpha value is -0.570. The van der Waals surface area contributed by atoms with E-state index in [1.165, 1.54) is 0 Å². The van der Waals surface area contributed by atoms with Crippen LogP contribution in [0.15, 0.2) is 30.3 Å². The monoisotopic (exact) mass is 201 g/mol. The van der Waals surface area contributed by atoms with Crippen molar-refractivity contribution in [3.8, 4) is 0 Å². The lowest BCUT2D eigenvalue weighted by atomic mass is 10.0. The van der Waals surface area contributed by atoms with Crippen molar-refractivity contribution in [3.05, 3.63) is 35.9 Å². The van der Waals surface area contributed by atoms with Gasteiger partial charge in [-0.1, -0.05) is 37.3 Å². The van der Waals surface area contributed by atoms with Gasteiger partial charge in [-0.2, -0.15) is 0 Å². The van der Waals surface area contributed by atoms with E-state index in [0.717, 1.165) is 5.56 Å². The standard InChI is InChI=1S/C10H15NO.ClH/c1-2-9(12)10(11)8-6-4-3-5-7-8;/h3-7,9-10,12H,2,11H2,1H3;1H/t9-,10+;/m0./s1. The van der Waals surface area contributed by atoms with E-state index in [0.29, 0.717) is 6.42 Å². The second-order valence-corrected chi connectivity index (χ2v) is 2.91. The Morgan fingerprint density at radius 3 is 2.31 bits per heavy atom. The number of aliphatic hydroxyl groups is 1. The molecule has 0 fully saturated rings.